The van der Waals surface area contributed by atoms with Crippen molar-refractivity contribution in [1.82, 2.24) is 4.37 Å². The van der Waals surface area contributed by atoms with Gasteiger partial charge in [-0.05, 0) is 17.6 Å². The van der Waals surface area contributed by atoms with Crippen LogP contribution in [0.1, 0.15) is 0 Å². The van der Waals surface area contributed by atoms with Crippen LogP contribution in [0.15, 0.2) is 16.5 Å². The molecule has 0 aromatic carbocycles. The highest BCUT2D eigenvalue weighted by atomic mass is 32.2. The minimum Gasteiger partial charge on any atom is -0.200 e. The van der Waals surface area contributed by atoms with Crippen LogP contribution in [0.4, 0.5) is 0 Å². The molecule has 0 radical (unpaired) electrons. The van der Waals surface area contributed by atoms with Crippen molar-refractivity contribution >= 4 is 24.2 Å². The van der Waals surface area contributed by atoms with Gasteiger partial charge in [0.1, 0.15) is 0 Å². The molecule has 0 saturated carbocycles. The Morgan fingerprint density at radius 1 is 1.83 bits per heavy atom. The van der Waals surface area contributed by atoms with E-state index < -0.39 is 0 Å². The Morgan fingerprint density at radius 3 is 2.83 bits per heavy atom. The summed E-state index contributed by atoms with van der Waals surface area (Å²) in [7, 11) is 0. The third-order valence-corrected chi connectivity index (χ3v) is 1.37. The van der Waals surface area contributed by atoms with Gasteiger partial charge in [-0.25, -0.2) is 4.37 Å². The summed E-state index contributed by atoms with van der Waals surface area (Å²) in [6, 6.07) is 1.85. The lowest BCUT2D eigenvalue weighted by molar-refractivity contribution is 1.57. The molecule has 0 amide bonds. The topological polar surface area (TPSA) is 12.9 Å². The van der Waals surface area contributed by atoms with Crippen LogP contribution in [0.3, 0.4) is 0 Å². The summed E-state index contributed by atoms with van der Waals surface area (Å²) in [5, 5.41) is 0. The highest BCUT2D eigenvalue weighted by Gasteiger charge is 1.77. The Bertz CT molecular complexity index is 112. The molecule has 0 N–H and O–H groups in total. The first-order valence-electron chi connectivity index (χ1n) is 1.49. The van der Waals surface area contributed by atoms with Gasteiger partial charge in [0.2, 0.25) is 0 Å². The van der Waals surface area contributed by atoms with E-state index >= 15 is 0 Å². The van der Waals surface area contributed by atoms with E-state index in [0.717, 1.165) is 4.21 Å². The maximum Gasteiger partial charge on any atom is 0.0775 e. The lowest BCUT2D eigenvalue weighted by Crippen LogP contribution is -1.32. The Labute approximate surface area is 45.6 Å². The summed E-state index contributed by atoms with van der Waals surface area (Å²) in [5.41, 5.74) is 0. The number of aromatic nitrogens is 1. The van der Waals surface area contributed by atoms with E-state index in [1.807, 2.05) is 6.07 Å². The van der Waals surface area contributed by atoms with Crippen molar-refractivity contribution in [3.05, 3.63) is 12.3 Å². The average Bonchev–Trinajstić information content (AvgIpc) is 1.86. The molecule has 0 spiro atoms. The minimum atomic E-state index is 0.968. The van der Waals surface area contributed by atoms with Crippen LogP contribution in [0, 0.1) is 0 Å². The summed E-state index contributed by atoms with van der Waals surface area (Å²) >= 11 is 5.38. The van der Waals surface area contributed by atoms with Crippen LogP contribution in [0.25, 0.3) is 0 Å². The molecule has 1 aromatic rings. The fraction of sp³-hybridized carbons (Fsp3) is 0. The third kappa shape index (κ3) is 0.725. The van der Waals surface area contributed by atoms with Crippen LogP contribution in [-0.2, 0) is 0 Å². The monoisotopic (exact) mass is 117 g/mol. The molecule has 6 heavy (non-hydrogen) atoms. The molecule has 0 unspecified atom stereocenters. The first kappa shape index (κ1) is 4.15. The Hall–Kier alpha value is -0.0200. The van der Waals surface area contributed by atoms with E-state index in [0.29, 0.717) is 0 Å². The highest BCUT2D eigenvalue weighted by Crippen LogP contribution is 2.07. The molecule has 3 heteroatoms. The van der Waals surface area contributed by atoms with E-state index in [-0.39, 0.29) is 0 Å². The molecule has 1 nitrogen and oxygen atoms in total. The number of thiol groups is 1. The summed E-state index contributed by atoms with van der Waals surface area (Å²) < 4.78 is 4.75. The molecule has 0 atom stereocenters. The zero-order valence-corrected chi connectivity index (χ0v) is 4.67. The molecule has 0 aliphatic carbocycles. The number of rotatable bonds is 0. The van der Waals surface area contributed by atoms with Gasteiger partial charge >= 0.3 is 0 Å². The van der Waals surface area contributed by atoms with Gasteiger partial charge in [0.05, 0.1) is 4.21 Å². The van der Waals surface area contributed by atoms with Crippen LogP contribution < -0.4 is 0 Å². The number of hydrogen-bond acceptors (Lipinski definition) is 3. The van der Waals surface area contributed by atoms with Crippen LogP contribution in [0.5, 0.6) is 0 Å². The molecule has 0 bridgehead atoms. The predicted molar refractivity (Wildman–Crippen MR) is 29.4 cm³/mol. The molecule has 0 saturated heterocycles. The van der Waals surface area contributed by atoms with Crippen LogP contribution in [0.2, 0.25) is 0 Å². The predicted octanol–water partition coefficient (Wildman–Crippen LogP) is 1.43. The van der Waals surface area contributed by atoms with E-state index in [1.54, 1.807) is 6.20 Å². The van der Waals surface area contributed by atoms with Gasteiger partial charge in [0.25, 0.3) is 0 Å². The quantitative estimate of drug-likeness (QED) is 0.507. The summed E-state index contributed by atoms with van der Waals surface area (Å²) in [5.74, 6) is 0. The first-order valence-corrected chi connectivity index (χ1v) is 2.71. The molecule has 0 aliphatic rings. The van der Waals surface area contributed by atoms with E-state index in [9.17, 15) is 0 Å². The second-order valence-corrected chi connectivity index (χ2v) is 2.47. The van der Waals surface area contributed by atoms with Gasteiger partial charge in [0, 0.05) is 6.20 Å². The number of nitrogens with zero attached hydrogens (tertiary/aromatic N) is 1. The van der Waals surface area contributed by atoms with Crippen molar-refractivity contribution in [2.75, 3.05) is 0 Å². The molecule has 1 heterocycles. The Morgan fingerprint density at radius 2 is 2.67 bits per heavy atom. The smallest absolute Gasteiger partial charge is 0.0775 e. The normalized spacial score (nSPS) is 8.83. The standard InChI is InChI=1S/C3H3NS2/c5-3-1-2-4-6-3/h1-2,5H. The lowest BCUT2D eigenvalue weighted by atomic mass is 10.8. The van der Waals surface area contributed by atoms with Crippen LogP contribution in [-0.4, -0.2) is 4.37 Å². The minimum absolute atomic E-state index is 0.968. The lowest BCUT2D eigenvalue weighted by Gasteiger charge is -1.62. The fourth-order valence-electron chi connectivity index (χ4n) is 0.209. The van der Waals surface area contributed by atoms with Crippen molar-refractivity contribution in [2.24, 2.45) is 0 Å². The molecule has 0 fully saturated rings. The molecule has 32 valence electrons. The molecular formula is C3H3NS2. The maximum atomic E-state index is 3.99. The maximum absolute atomic E-state index is 3.99. The van der Waals surface area contributed by atoms with E-state index in [4.69, 9.17) is 0 Å². The fourth-order valence-corrected chi connectivity index (χ4v) is 0.769. The van der Waals surface area contributed by atoms with Crippen molar-refractivity contribution in [3.8, 4) is 0 Å². The third-order valence-electron chi connectivity index (χ3n) is 0.424. The van der Waals surface area contributed by atoms with E-state index in [1.165, 1.54) is 11.5 Å². The molecular weight excluding hydrogens is 114 g/mol. The molecule has 1 rings (SSSR count). The molecule has 0 aliphatic heterocycles. The second-order valence-electron chi connectivity index (χ2n) is 0.851. The van der Waals surface area contributed by atoms with Crippen LogP contribution >= 0.6 is 24.2 Å². The van der Waals surface area contributed by atoms with E-state index in [2.05, 4.69) is 17.0 Å². The van der Waals surface area contributed by atoms with Gasteiger partial charge < -0.3 is 0 Å². The number of hydrogen-bond donors (Lipinski definition) is 1. The zero-order valence-electron chi connectivity index (χ0n) is 2.96. The average molecular weight is 117 g/mol. The van der Waals surface area contributed by atoms with Gasteiger partial charge in [-0.3, -0.25) is 0 Å². The largest absolute Gasteiger partial charge is 0.200 e. The van der Waals surface area contributed by atoms with Crippen molar-refractivity contribution in [3.63, 3.8) is 0 Å². The van der Waals surface area contributed by atoms with Crippen molar-refractivity contribution < 1.29 is 0 Å². The Balaban J connectivity index is 3.05. The highest BCUT2D eigenvalue weighted by molar-refractivity contribution is 7.82. The summed E-state index contributed by atoms with van der Waals surface area (Å²) in [6.07, 6.45) is 1.73. The van der Waals surface area contributed by atoms with Gasteiger partial charge in [0.15, 0.2) is 0 Å². The van der Waals surface area contributed by atoms with Gasteiger partial charge in [-0.2, -0.15) is 0 Å². The second kappa shape index (κ2) is 1.62. The van der Waals surface area contributed by atoms with Gasteiger partial charge in [-0.1, -0.05) is 0 Å². The molecule has 1 aromatic heterocycles. The summed E-state index contributed by atoms with van der Waals surface area (Å²) in [6.45, 7) is 0. The van der Waals surface area contributed by atoms with Crippen molar-refractivity contribution in [2.45, 2.75) is 4.21 Å². The zero-order chi connectivity index (χ0) is 4.41. The summed E-state index contributed by atoms with van der Waals surface area (Å²) in [4.78, 5) is 0. The SMILES string of the molecule is Sc1ccns1. The first-order chi connectivity index (χ1) is 2.89. The van der Waals surface area contributed by atoms with Gasteiger partial charge in [-0.15, -0.1) is 12.6 Å². The Kier molecular flexibility index (Phi) is 1.12. The van der Waals surface area contributed by atoms with Crippen molar-refractivity contribution in [1.29, 1.82) is 0 Å².